The van der Waals surface area contributed by atoms with Gasteiger partial charge in [0.2, 0.25) is 0 Å². The molecule has 6 heteroatoms. The molecule has 0 aliphatic carbocycles. The number of hydrogen-bond donors (Lipinski definition) is 1. The molecule has 144 valence electrons. The average Bonchev–Trinajstić information content (AvgIpc) is 3.12. The largest absolute Gasteiger partial charge is 0.373 e. The summed E-state index contributed by atoms with van der Waals surface area (Å²) >= 11 is 0. The summed E-state index contributed by atoms with van der Waals surface area (Å²) in [6.45, 7) is 8.92. The van der Waals surface area contributed by atoms with E-state index in [0.29, 0.717) is 6.04 Å². The van der Waals surface area contributed by atoms with E-state index in [2.05, 4.69) is 46.3 Å². The lowest BCUT2D eigenvalue weighted by molar-refractivity contribution is -0.0433. The number of rotatable bonds is 3. The van der Waals surface area contributed by atoms with Crippen LogP contribution in [0.25, 0.3) is 0 Å². The number of morpholine rings is 1. The van der Waals surface area contributed by atoms with E-state index in [1.54, 1.807) is 0 Å². The van der Waals surface area contributed by atoms with E-state index in [4.69, 9.17) is 9.73 Å². The SMILES string of the molecule is CCNC(=NCC1CN2CCCC2CO1)N1CCc2ccccc2C1.I. The van der Waals surface area contributed by atoms with E-state index in [0.717, 1.165) is 51.7 Å². The van der Waals surface area contributed by atoms with Crippen LogP contribution in [0, 0.1) is 0 Å². The minimum Gasteiger partial charge on any atom is -0.373 e. The molecule has 0 bridgehead atoms. The van der Waals surface area contributed by atoms with Crippen molar-refractivity contribution in [3.05, 3.63) is 35.4 Å². The summed E-state index contributed by atoms with van der Waals surface area (Å²) in [6.07, 6.45) is 3.95. The Morgan fingerprint density at radius 2 is 2.12 bits per heavy atom. The number of hydrogen-bond acceptors (Lipinski definition) is 3. The van der Waals surface area contributed by atoms with Crippen molar-refractivity contribution in [2.75, 3.05) is 39.3 Å². The first-order chi connectivity index (χ1) is 12.3. The molecule has 0 amide bonds. The monoisotopic (exact) mass is 470 g/mol. The molecule has 0 radical (unpaired) electrons. The fraction of sp³-hybridized carbons (Fsp3) is 0.650. The Hall–Kier alpha value is -0.860. The standard InChI is InChI=1S/C20H30N4O.HI/c1-2-21-20(24-11-9-16-6-3-4-7-17(16)13-24)22-12-19-14-23-10-5-8-18(23)15-25-19;/h3-4,6-7,18-19H,2,5,8-15H2,1H3,(H,21,22);1H. The van der Waals surface area contributed by atoms with E-state index in [-0.39, 0.29) is 30.1 Å². The molecule has 0 spiro atoms. The topological polar surface area (TPSA) is 40.1 Å². The number of aliphatic imine (C=N–C) groups is 1. The third kappa shape index (κ3) is 4.51. The summed E-state index contributed by atoms with van der Waals surface area (Å²) in [4.78, 5) is 9.90. The number of ether oxygens (including phenoxy) is 1. The van der Waals surface area contributed by atoms with Crippen LogP contribution < -0.4 is 5.32 Å². The number of guanidine groups is 1. The van der Waals surface area contributed by atoms with Gasteiger partial charge in [-0.15, -0.1) is 24.0 Å². The highest BCUT2D eigenvalue weighted by molar-refractivity contribution is 14.0. The molecule has 0 saturated carbocycles. The van der Waals surface area contributed by atoms with Gasteiger partial charge >= 0.3 is 0 Å². The molecule has 3 aliphatic rings. The lowest BCUT2D eigenvalue weighted by atomic mass is 10.0. The highest BCUT2D eigenvalue weighted by Crippen LogP contribution is 2.23. The Morgan fingerprint density at radius 1 is 1.27 bits per heavy atom. The van der Waals surface area contributed by atoms with Crippen molar-refractivity contribution < 1.29 is 4.74 Å². The first-order valence-corrected chi connectivity index (χ1v) is 9.79. The van der Waals surface area contributed by atoms with Crippen LogP contribution in [0.15, 0.2) is 29.3 Å². The molecule has 2 fully saturated rings. The van der Waals surface area contributed by atoms with E-state index in [9.17, 15) is 0 Å². The van der Waals surface area contributed by atoms with E-state index < -0.39 is 0 Å². The van der Waals surface area contributed by atoms with Gasteiger partial charge in [-0.05, 0) is 43.9 Å². The van der Waals surface area contributed by atoms with Crippen molar-refractivity contribution in [1.29, 1.82) is 0 Å². The third-order valence-electron chi connectivity index (χ3n) is 5.67. The Balaban J connectivity index is 0.00000196. The summed E-state index contributed by atoms with van der Waals surface area (Å²) in [7, 11) is 0. The summed E-state index contributed by atoms with van der Waals surface area (Å²) in [6, 6.07) is 9.42. The molecule has 1 N–H and O–H groups in total. The summed E-state index contributed by atoms with van der Waals surface area (Å²) in [5, 5.41) is 3.48. The summed E-state index contributed by atoms with van der Waals surface area (Å²) < 4.78 is 6.07. The second kappa shape index (κ2) is 9.37. The molecule has 1 aromatic rings. The minimum absolute atomic E-state index is 0. The smallest absolute Gasteiger partial charge is 0.194 e. The molecule has 3 aliphatic heterocycles. The Bertz CT molecular complexity index is 624. The lowest BCUT2D eigenvalue weighted by Crippen LogP contribution is -2.48. The molecule has 2 unspecified atom stereocenters. The lowest BCUT2D eigenvalue weighted by Gasteiger charge is -2.35. The molecular formula is C20H31IN4O. The van der Waals surface area contributed by atoms with Crippen molar-refractivity contribution in [2.24, 2.45) is 4.99 Å². The molecule has 4 rings (SSSR count). The van der Waals surface area contributed by atoms with Crippen molar-refractivity contribution >= 4 is 29.9 Å². The van der Waals surface area contributed by atoms with E-state index in [1.165, 1.54) is 30.5 Å². The molecule has 2 saturated heterocycles. The molecule has 3 heterocycles. The second-order valence-corrected chi connectivity index (χ2v) is 7.38. The zero-order chi connectivity index (χ0) is 17.1. The summed E-state index contributed by atoms with van der Waals surface area (Å²) in [5.41, 5.74) is 2.90. The van der Waals surface area contributed by atoms with Gasteiger partial charge in [0.1, 0.15) is 0 Å². The van der Waals surface area contributed by atoms with Crippen LogP contribution in [-0.4, -0.2) is 67.2 Å². The molecule has 26 heavy (non-hydrogen) atoms. The highest BCUT2D eigenvalue weighted by Gasteiger charge is 2.32. The van der Waals surface area contributed by atoms with Crippen LogP contribution in [-0.2, 0) is 17.7 Å². The number of benzene rings is 1. The highest BCUT2D eigenvalue weighted by atomic mass is 127. The van der Waals surface area contributed by atoms with E-state index >= 15 is 0 Å². The predicted octanol–water partition coefficient (Wildman–Crippen LogP) is 2.49. The van der Waals surface area contributed by atoms with Crippen LogP contribution in [0.2, 0.25) is 0 Å². The molecule has 5 nitrogen and oxygen atoms in total. The van der Waals surface area contributed by atoms with Crippen molar-refractivity contribution in [3.63, 3.8) is 0 Å². The number of nitrogens with one attached hydrogen (secondary N) is 1. The van der Waals surface area contributed by atoms with Gasteiger partial charge in [-0.1, -0.05) is 24.3 Å². The first-order valence-electron chi connectivity index (χ1n) is 9.79. The Labute approximate surface area is 174 Å². The van der Waals surface area contributed by atoms with Gasteiger partial charge in [0.15, 0.2) is 5.96 Å². The van der Waals surface area contributed by atoms with Gasteiger partial charge in [0, 0.05) is 32.2 Å². The first kappa shape index (κ1) is 19.9. The molecule has 1 aromatic carbocycles. The van der Waals surface area contributed by atoms with Crippen molar-refractivity contribution in [2.45, 2.75) is 44.9 Å². The van der Waals surface area contributed by atoms with Crippen LogP contribution >= 0.6 is 24.0 Å². The summed E-state index contributed by atoms with van der Waals surface area (Å²) in [5.74, 6) is 1.03. The normalized spacial score (nSPS) is 26.0. The third-order valence-corrected chi connectivity index (χ3v) is 5.67. The minimum atomic E-state index is 0. The fourth-order valence-corrected chi connectivity index (χ4v) is 4.29. The van der Waals surface area contributed by atoms with Crippen LogP contribution in [0.1, 0.15) is 30.9 Å². The van der Waals surface area contributed by atoms with Gasteiger partial charge in [-0.3, -0.25) is 9.89 Å². The van der Waals surface area contributed by atoms with Gasteiger partial charge in [-0.2, -0.15) is 0 Å². The number of halogens is 1. The maximum absolute atomic E-state index is 6.07. The second-order valence-electron chi connectivity index (χ2n) is 7.38. The van der Waals surface area contributed by atoms with Gasteiger partial charge in [0.25, 0.3) is 0 Å². The van der Waals surface area contributed by atoms with E-state index in [1.807, 2.05) is 0 Å². The maximum Gasteiger partial charge on any atom is 0.194 e. The molecular weight excluding hydrogens is 439 g/mol. The van der Waals surface area contributed by atoms with Crippen molar-refractivity contribution in [3.8, 4) is 0 Å². The number of fused-ring (bicyclic) bond motifs is 2. The quantitative estimate of drug-likeness (QED) is 0.419. The van der Waals surface area contributed by atoms with Crippen molar-refractivity contribution in [1.82, 2.24) is 15.1 Å². The maximum atomic E-state index is 6.07. The Kier molecular flexibility index (Phi) is 7.17. The number of nitrogens with zero attached hydrogens (tertiary/aromatic N) is 3. The average molecular weight is 470 g/mol. The van der Waals surface area contributed by atoms with Crippen LogP contribution in [0.3, 0.4) is 0 Å². The molecule has 0 aromatic heterocycles. The van der Waals surface area contributed by atoms with Gasteiger partial charge < -0.3 is 15.0 Å². The fourth-order valence-electron chi connectivity index (χ4n) is 4.29. The van der Waals surface area contributed by atoms with Gasteiger partial charge in [0.05, 0.1) is 19.3 Å². The zero-order valence-corrected chi connectivity index (χ0v) is 18.0. The predicted molar refractivity (Wildman–Crippen MR) is 116 cm³/mol. The van der Waals surface area contributed by atoms with Crippen LogP contribution in [0.4, 0.5) is 0 Å². The molecule has 2 atom stereocenters. The van der Waals surface area contributed by atoms with Crippen LogP contribution in [0.5, 0.6) is 0 Å². The van der Waals surface area contributed by atoms with Gasteiger partial charge in [-0.25, -0.2) is 0 Å². The Morgan fingerprint density at radius 3 is 2.96 bits per heavy atom. The zero-order valence-electron chi connectivity index (χ0n) is 15.7.